The predicted molar refractivity (Wildman–Crippen MR) is 96.3 cm³/mol. The van der Waals surface area contributed by atoms with Gasteiger partial charge in [-0.1, -0.05) is 6.42 Å². The van der Waals surface area contributed by atoms with Gasteiger partial charge in [0.2, 0.25) is 5.91 Å². The number of likely N-dealkylation sites (tertiary alicyclic amines) is 1. The average Bonchev–Trinajstić information content (AvgIpc) is 2.64. The SMILES string of the molecule is C[C@H]1CCCCN1CCCNC(=O)CNC(=O)c1ccc(C(F)(F)F)cc1. The number of benzene rings is 1. The van der Waals surface area contributed by atoms with E-state index in [1.54, 1.807) is 0 Å². The first-order valence-electron chi connectivity index (χ1n) is 9.23. The van der Waals surface area contributed by atoms with E-state index in [1.807, 2.05) is 0 Å². The Morgan fingerprint density at radius 3 is 2.48 bits per heavy atom. The quantitative estimate of drug-likeness (QED) is 0.710. The molecule has 150 valence electrons. The maximum atomic E-state index is 12.5. The van der Waals surface area contributed by atoms with E-state index in [1.165, 1.54) is 19.3 Å². The molecule has 1 aromatic rings. The lowest BCUT2D eigenvalue weighted by atomic mass is 10.0. The average molecular weight is 385 g/mol. The summed E-state index contributed by atoms with van der Waals surface area (Å²) in [5.74, 6) is -0.900. The smallest absolute Gasteiger partial charge is 0.355 e. The number of hydrogen-bond donors (Lipinski definition) is 2. The summed E-state index contributed by atoms with van der Waals surface area (Å²) in [5.41, 5.74) is -0.741. The zero-order chi connectivity index (χ0) is 19.9. The molecular weight excluding hydrogens is 359 g/mol. The second kappa shape index (κ2) is 9.73. The summed E-state index contributed by atoms with van der Waals surface area (Å²) in [5, 5.41) is 5.16. The van der Waals surface area contributed by atoms with Gasteiger partial charge in [-0.25, -0.2) is 0 Å². The first-order valence-corrected chi connectivity index (χ1v) is 9.23. The summed E-state index contributed by atoms with van der Waals surface area (Å²) in [6.45, 7) is 4.56. The van der Waals surface area contributed by atoms with Gasteiger partial charge in [0.15, 0.2) is 0 Å². The summed E-state index contributed by atoms with van der Waals surface area (Å²) >= 11 is 0. The van der Waals surface area contributed by atoms with Crippen LogP contribution in [0.25, 0.3) is 0 Å². The Labute approximate surface area is 157 Å². The van der Waals surface area contributed by atoms with Gasteiger partial charge in [-0.15, -0.1) is 0 Å². The van der Waals surface area contributed by atoms with E-state index in [-0.39, 0.29) is 18.0 Å². The molecular formula is C19H26F3N3O2. The van der Waals surface area contributed by atoms with Gasteiger partial charge in [0, 0.05) is 24.7 Å². The molecule has 1 atom stereocenters. The second-order valence-corrected chi connectivity index (χ2v) is 6.84. The number of hydrogen-bond acceptors (Lipinski definition) is 3. The monoisotopic (exact) mass is 385 g/mol. The number of amides is 2. The lowest BCUT2D eigenvalue weighted by molar-refractivity contribution is -0.137. The Hall–Kier alpha value is -2.09. The van der Waals surface area contributed by atoms with Crippen molar-refractivity contribution in [3.8, 4) is 0 Å². The number of rotatable bonds is 7. The van der Waals surface area contributed by atoms with Gasteiger partial charge in [0.25, 0.3) is 5.91 Å². The maximum absolute atomic E-state index is 12.5. The minimum absolute atomic E-state index is 0.0786. The summed E-state index contributed by atoms with van der Waals surface area (Å²) in [6.07, 6.45) is 0.0892. The van der Waals surface area contributed by atoms with E-state index < -0.39 is 17.6 Å². The molecule has 8 heteroatoms. The molecule has 0 aliphatic carbocycles. The van der Waals surface area contributed by atoms with Crippen LogP contribution in [0.5, 0.6) is 0 Å². The van der Waals surface area contributed by atoms with Gasteiger partial charge in [-0.2, -0.15) is 13.2 Å². The highest BCUT2D eigenvalue weighted by molar-refractivity contribution is 5.96. The van der Waals surface area contributed by atoms with Crippen LogP contribution >= 0.6 is 0 Å². The molecule has 1 saturated heterocycles. The molecule has 5 nitrogen and oxygen atoms in total. The lowest BCUT2D eigenvalue weighted by Crippen LogP contribution is -2.40. The third kappa shape index (κ3) is 6.86. The molecule has 0 bridgehead atoms. The van der Waals surface area contributed by atoms with Crippen LogP contribution in [0.15, 0.2) is 24.3 Å². The highest BCUT2D eigenvalue weighted by Gasteiger charge is 2.30. The number of alkyl halides is 3. The van der Waals surface area contributed by atoms with E-state index in [4.69, 9.17) is 0 Å². The van der Waals surface area contributed by atoms with Crippen molar-refractivity contribution in [3.63, 3.8) is 0 Å². The first-order chi connectivity index (χ1) is 12.8. The number of halogens is 3. The number of nitrogens with zero attached hydrogens (tertiary/aromatic N) is 1. The fraction of sp³-hybridized carbons (Fsp3) is 0.579. The number of carbonyl (C=O) groups excluding carboxylic acids is 2. The van der Waals surface area contributed by atoms with Crippen molar-refractivity contribution in [1.29, 1.82) is 0 Å². The Bertz CT molecular complexity index is 632. The molecule has 0 unspecified atom stereocenters. The van der Waals surface area contributed by atoms with Gasteiger partial charge in [0.05, 0.1) is 12.1 Å². The number of piperidine rings is 1. The predicted octanol–water partition coefficient (Wildman–Crippen LogP) is 2.82. The molecule has 1 fully saturated rings. The molecule has 0 saturated carbocycles. The van der Waals surface area contributed by atoms with Gasteiger partial charge in [0.1, 0.15) is 0 Å². The zero-order valence-electron chi connectivity index (χ0n) is 15.4. The minimum Gasteiger partial charge on any atom is -0.355 e. The van der Waals surface area contributed by atoms with Crippen molar-refractivity contribution >= 4 is 11.8 Å². The highest BCUT2D eigenvalue weighted by atomic mass is 19.4. The summed E-state index contributed by atoms with van der Waals surface area (Å²) in [4.78, 5) is 26.1. The van der Waals surface area contributed by atoms with E-state index in [0.29, 0.717) is 12.6 Å². The molecule has 0 aromatic heterocycles. The largest absolute Gasteiger partial charge is 0.416 e. The third-order valence-electron chi connectivity index (χ3n) is 4.77. The van der Waals surface area contributed by atoms with E-state index in [2.05, 4.69) is 22.5 Å². The van der Waals surface area contributed by atoms with E-state index in [0.717, 1.165) is 43.8 Å². The molecule has 2 amide bonds. The van der Waals surface area contributed by atoms with Crippen molar-refractivity contribution < 1.29 is 22.8 Å². The van der Waals surface area contributed by atoms with Crippen molar-refractivity contribution in [1.82, 2.24) is 15.5 Å². The van der Waals surface area contributed by atoms with Crippen LogP contribution in [0.3, 0.4) is 0 Å². The van der Waals surface area contributed by atoms with Crippen LogP contribution in [0, 0.1) is 0 Å². The van der Waals surface area contributed by atoms with Crippen molar-refractivity contribution in [2.75, 3.05) is 26.2 Å². The molecule has 1 aliphatic rings. The van der Waals surface area contributed by atoms with Crippen LogP contribution in [0.1, 0.15) is 48.5 Å². The van der Waals surface area contributed by atoms with Crippen LogP contribution in [0.4, 0.5) is 13.2 Å². The molecule has 1 heterocycles. The van der Waals surface area contributed by atoms with Gasteiger partial charge < -0.3 is 15.5 Å². The summed E-state index contributed by atoms with van der Waals surface area (Å²) in [7, 11) is 0. The first kappa shape index (κ1) is 21.2. The fourth-order valence-electron chi connectivity index (χ4n) is 3.14. The van der Waals surface area contributed by atoms with E-state index in [9.17, 15) is 22.8 Å². The Morgan fingerprint density at radius 2 is 1.85 bits per heavy atom. The molecule has 1 aliphatic heterocycles. The third-order valence-corrected chi connectivity index (χ3v) is 4.77. The molecule has 0 spiro atoms. The van der Waals surface area contributed by atoms with Crippen molar-refractivity contribution in [3.05, 3.63) is 35.4 Å². The zero-order valence-corrected chi connectivity index (χ0v) is 15.4. The summed E-state index contributed by atoms with van der Waals surface area (Å²) < 4.78 is 37.5. The van der Waals surface area contributed by atoms with Crippen LogP contribution in [-0.2, 0) is 11.0 Å². The normalized spacial score (nSPS) is 18.1. The fourth-order valence-corrected chi connectivity index (χ4v) is 3.14. The van der Waals surface area contributed by atoms with Crippen molar-refractivity contribution in [2.24, 2.45) is 0 Å². The summed E-state index contributed by atoms with van der Waals surface area (Å²) in [6, 6.07) is 4.45. The topological polar surface area (TPSA) is 61.4 Å². The standard InChI is InChI=1S/C19H26F3N3O2/c1-14-5-2-3-11-25(14)12-4-10-23-17(26)13-24-18(27)15-6-8-16(9-7-15)19(20,21)22/h6-9,14H,2-5,10-13H2,1H3,(H,23,26)(H,24,27)/t14-/m0/s1. The number of nitrogens with one attached hydrogen (secondary N) is 2. The Morgan fingerprint density at radius 1 is 1.15 bits per heavy atom. The second-order valence-electron chi connectivity index (χ2n) is 6.84. The van der Waals surface area contributed by atoms with Crippen molar-refractivity contribution in [2.45, 2.75) is 44.8 Å². The van der Waals surface area contributed by atoms with Gasteiger partial charge in [-0.3, -0.25) is 9.59 Å². The number of carbonyl (C=O) groups is 2. The Balaban J connectivity index is 1.65. The molecule has 0 radical (unpaired) electrons. The molecule has 27 heavy (non-hydrogen) atoms. The lowest BCUT2D eigenvalue weighted by Gasteiger charge is -2.33. The van der Waals surface area contributed by atoms with Gasteiger partial charge in [-0.05, 0) is 57.0 Å². The molecule has 2 rings (SSSR count). The molecule has 2 N–H and O–H groups in total. The highest BCUT2D eigenvalue weighted by Crippen LogP contribution is 2.29. The maximum Gasteiger partial charge on any atom is 0.416 e. The molecule has 1 aromatic carbocycles. The Kier molecular flexibility index (Phi) is 7.65. The van der Waals surface area contributed by atoms with E-state index >= 15 is 0 Å². The minimum atomic E-state index is -4.44. The van der Waals surface area contributed by atoms with Crippen LogP contribution in [-0.4, -0.2) is 48.9 Å². The van der Waals surface area contributed by atoms with Gasteiger partial charge >= 0.3 is 6.18 Å². The van der Waals surface area contributed by atoms with Crippen LogP contribution < -0.4 is 10.6 Å². The van der Waals surface area contributed by atoms with Crippen LogP contribution in [0.2, 0.25) is 0 Å².